The third kappa shape index (κ3) is 8.56. The fourth-order valence-corrected chi connectivity index (χ4v) is 3.79. The number of carbonyl (C=O) groups is 2. The van der Waals surface area contributed by atoms with Crippen molar-refractivity contribution < 1.29 is 14.7 Å². The molecule has 0 bridgehead atoms. The van der Waals surface area contributed by atoms with Crippen molar-refractivity contribution in [3.63, 3.8) is 0 Å². The summed E-state index contributed by atoms with van der Waals surface area (Å²) in [5.74, 6) is -0.188. The van der Waals surface area contributed by atoms with Crippen molar-refractivity contribution in [3.8, 4) is 0 Å². The van der Waals surface area contributed by atoms with E-state index in [1.165, 1.54) is 0 Å². The van der Waals surface area contributed by atoms with Crippen LogP contribution in [0.3, 0.4) is 0 Å². The smallest absolute Gasteiger partial charge is 0.317 e. The molecule has 1 aliphatic heterocycles. The quantitative estimate of drug-likeness (QED) is 0.702. The van der Waals surface area contributed by atoms with E-state index in [-0.39, 0.29) is 18.6 Å². The second kappa shape index (κ2) is 10.00. The molecule has 0 aromatic heterocycles. The van der Waals surface area contributed by atoms with Crippen molar-refractivity contribution in [2.24, 2.45) is 11.3 Å². The molecule has 0 aliphatic carbocycles. The lowest BCUT2D eigenvalue weighted by Crippen LogP contribution is -2.50. The van der Waals surface area contributed by atoms with E-state index in [9.17, 15) is 9.59 Å². The number of hydrogen-bond acceptors (Lipinski definition) is 3. The highest BCUT2D eigenvalue weighted by molar-refractivity contribution is 5.74. The van der Waals surface area contributed by atoms with Crippen molar-refractivity contribution in [2.45, 2.75) is 66.3 Å². The van der Waals surface area contributed by atoms with Crippen molar-refractivity contribution >= 4 is 12.0 Å². The lowest BCUT2D eigenvalue weighted by atomic mass is 9.84. The van der Waals surface area contributed by atoms with E-state index >= 15 is 0 Å². The maximum absolute atomic E-state index is 12.3. The number of likely N-dealkylation sites (tertiary alicyclic amines) is 1. The number of hydrogen-bond donors (Lipinski definition) is 2. The summed E-state index contributed by atoms with van der Waals surface area (Å²) < 4.78 is 0. The van der Waals surface area contributed by atoms with Crippen LogP contribution >= 0.6 is 0 Å². The molecule has 0 radical (unpaired) electrons. The van der Waals surface area contributed by atoms with Crippen molar-refractivity contribution in [3.05, 3.63) is 0 Å². The Morgan fingerprint density at radius 3 is 2.36 bits per heavy atom. The predicted octanol–water partition coefficient (Wildman–Crippen LogP) is 3.03. The van der Waals surface area contributed by atoms with Crippen LogP contribution in [0.25, 0.3) is 0 Å². The maximum Gasteiger partial charge on any atom is 0.317 e. The molecular formula is C19H37N3O3. The van der Waals surface area contributed by atoms with Gasteiger partial charge in [-0.05, 0) is 43.6 Å². The minimum atomic E-state index is -0.786. The first-order valence-electron chi connectivity index (χ1n) is 9.61. The van der Waals surface area contributed by atoms with Gasteiger partial charge in [-0.3, -0.25) is 9.69 Å². The van der Waals surface area contributed by atoms with Crippen molar-refractivity contribution in [2.75, 3.05) is 32.7 Å². The molecule has 6 nitrogen and oxygen atoms in total. The number of carboxylic acids is 1. The summed E-state index contributed by atoms with van der Waals surface area (Å²) >= 11 is 0. The van der Waals surface area contributed by atoms with Crippen LogP contribution in [-0.4, -0.2) is 65.7 Å². The Bertz CT molecular complexity index is 426. The molecule has 146 valence electrons. The highest BCUT2D eigenvalue weighted by Gasteiger charge is 2.27. The van der Waals surface area contributed by atoms with Gasteiger partial charge in [0.2, 0.25) is 0 Å². The monoisotopic (exact) mass is 355 g/mol. The highest BCUT2D eigenvalue weighted by Crippen LogP contribution is 2.25. The molecule has 1 saturated heterocycles. The predicted molar refractivity (Wildman–Crippen MR) is 101 cm³/mol. The standard InChI is InChI=1S/C19H37N3O3/c1-6-21(14-17(23)24)16-8-11-22(12-9-16)18(25)20-10-7-15(2)13-19(3,4)5/h15-16H,6-14H2,1-5H3,(H,20,25)(H,23,24). The van der Waals surface area contributed by atoms with Gasteiger partial charge in [0.25, 0.3) is 0 Å². The summed E-state index contributed by atoms with van der Waals surface area (Å²) in [5.41, 5.74) is 0.326. The molecule has 2 N–H and O–H groups in total. The van der Waals surface area contributed by atoms with Crippen LogP contribution < -0.4 is 5.32 Å². The number of amides is 2. The average Bonchev–Trinajstić information content (AvgIpc) is 2.50. The third-order valence-electron chi connectivity index (χ3n) is 4.89. The normalized spacial score (nSPS) is 17.6. The number of urea groups is 1. The SMILES string of the molecule is CCN(CC(=O)O)C1CCN(C(=O)NCCC(C)CC(C)(C)C)CC1. The van der Waals surface area contributed by atoms with Gasteiger partial charge in [0, 0.05) is 25.7 Å². The van der Waals surface area contributed by atoms with Gasteiger partial charge in [0.05, 0.1) is 6.54 Å². The Balaban J connectivity index is 2.30. The number of rotatable bonds is 8. The maximum atomic E-state index is 12.3. The molecule has 25 heavy (non-hydrogen) atoms. The Morgan fingerprint density at radius 1 is 1.28 bits per heavy atom. The summed E-state index contributed by atoms with van der Waals surface area (Å²) in [6.45, 7) is 13.9. The summed E-state index contributed by atoms with van der Waals surface area (Å²) in [7, 11) is 0. The average molecular weight is 356 g/mol. The van der Waals surface area contributed by atoms with Crippen LogP contribution in [0.5, 0.6) is 0 Å². The van der Waals surface area contributed by atoms with Crippen LogP contribution in [0.2, 0.25) is 0 Å². The van der Waals surface area contributed by atoms with E-state index in [4.69, 9.17) is 5.11 Å². The Kier molecular flexibility index (Phi) is 8.69. The van der Waals surface area contributed by atoms with Gasteiger partial charge < -0.3 is 15.3 Å². The van der Waals surface area contributed by atoms with E-state index in [0.717, 1.165) is 38.8 Å². The van der Waals surface area contributed by atoms with Crippen molar-refractivity contribution in [1.82, 2.24) is 15.1 Å². The van der Waals surface area contributed by atoms with E-state index in [1.807, 2.05) is 16.7 Å². The first-order valence-corrected chi connectivity index (χ1v) is 9.61. The molecule has 6 heteroatoms. The fourth-order valence-electron chi connectivity index (χ4n) is 3.79. The Hall–Kier alpha value is -1.30. The zero-order valence-electron chi connectivity index (χ0n) is 16.7. The number of piperidine rings is 1. The third-order valence-corrected chi connectivity index (χ3v) is 4.89. The molecule has 1 fully saturated rings. The minimum absolute atomic E-state index is 0.0164. The number of carboxylic acid groups (broad SMARTS) is 1. The number of carbonyl (C=O) groups excluding carboxylic acids is 1. The molecule has 0 aromatic carbocycles. The molecule has 0 aromatic rings. The highest BCUT2D eigenvalue weighted by atomic mass is 16.4. The zero-order valence-corrected chi connectivity index (χ0v) is 16.7. The van der Waals surface area contributed by atoms with E-state index in [2.05, 4.69) is 33.0 Å². The van der Waals surface area contributed by atoms with Crippen LogP contribution in [0.4, 0.5) is 4.79 Å². The largest absolute Gasteiger partial charge is 0.480 e. The molecule has 0 saturated carbocycles. The van der Waals surface area contributed by atoms with E-state index in [0.29, 0.717) is 24.4 Å². The van der Waals surface area contributed by atoms with Gasteiger partial charge in [-0.1, -0.05) is 34.6 Å². The van der Waals surface area contributed by atoms with Crippen LogP contribution in [0.1, 0.15) is 60.3 Å². The molecule has 1 atom stereocenters. The lowest BCUT2D eigenvalue weighted by Gasteiger charge is -2.37. The van der Waals surface area contributed by atoms with Gasteiger partial charge >= 0.3 is 12.0 Å². The summed E-state index contributed by atoms with van der Waals surface area (Å²) in [4.78, 5) is 27.1. The topological polar surface area (TPSA) is 72.9 Å². The summed E-state index contributed by atoms with van der Waals surface area (Å²) in [5, 5.41) is 12.0. The molecule has 1 unspecified atom stereocenters. The second-order valence-corrected chi connectivity index (χ2v) is 8.57. The zero-order chi connectivity index (χ0) is 19.0. The molecule has 2 amide bonds. The summed E-state index contributed by atoms with van der Waals surface area (Å²) in [6, 6.07) is 0.277. The molecule has 1 aliphatic rings. The lowest BCUT2D eigenvalue weighted by molar-refractivity contribution is -0.139. The molecule has 0 spiro atoms. The van der Waals surface area contributed by atoms with Gasteiger partial charge in [-0.25, -0.2) is 4.79 Å². The second-order valence-electron chi connectivity index (χ2n) is 8.57. The molecule has 1 heterocycles. The molecular weight excluding hydrogens is 318 g/mol. The van der Waals surface area contributed by atoms with Gasteiger partial charge in [-0.15, -0.1) is 0 Å². The van der Waals surface area contributed by atoms with E-state index in [1.54, 1.807) is 0 Å². The first-order chi connectivity index (χ1) is 11.6. The van der Waals surface area contributed by atoms with Gasteiger partial charge in [0.1, 0.15) is 0 Å². The molecule has 1 rings (SSSR count). The number of nitrogens with one attached hydrogen (secondary N) is 1. The minimum Gasteiger partial charge on any atom is -0.480 e. The van der Waals surface area contributed by atoms with Gasteiger partial charge in [-0.2, -0.15) is 0 Å². The van der Waals surface area contributed by atoms with Gasteiger partial charge in [0.15, 0.2) is 0 Å². The Labute approximate surface area is 152 Å². The van der Waals surface area contributed by atoms with Crippen LogP contribution in [0.15, 0.2) is 0 Å². The van der Waals surface area contributed by atoms with Crippen LogP contribution in [0, 0.1) is 11.3 Å². The summed E-state index contributed by atoms with van der Waals surface area (Å²) in [6.07, 6.45) is 3.84. The number of nitrogens with zero attached hydrogens (tertiary/aromatic N) is 2. The van der Waals surface area contributed by atoms with Crippen molar-refractivity contribution in [1.29, 1.82) is 0 Å². The van der Waals surface area contributed by atoms with Crippen LogP contribution in [-0.2, 0) is 4.79 Å². The van der Waals surface area contributed by atoms with E-state index < -0.39 is 5.97 Å². The fraction of sp³-hybridized carbons (Fsp3) is 0.895. The number of likely N-dealkylation sites (N-methyl/N-ethyl adjacent to an activating group) is 1. The number of aliphatic carboxylic acids is 1. The first kappa shape index (κ1) is 21.7. The Morgan fingerprint density at radius 2 is 1.88 bits per heavy atom.